The molecular formula is C15H16O2. The summed E-state index contributed by atoms with van der Waals surface area (Å²) >= 11 is 0. The third-order valence-corrected chi connectivity index (χ3v) is 5.34. The summed E-state index contributed by atoms with van der Waals surface area (Å²) in [6.07, 6.45) is 3.70. The molecule has 1 spiro atoms. The van der Waals surface area contributed by atoms with E-state index in [-0.39, 0.29) is 17.3 Å². The lowest BCUT2D eigenvalue weighted by Gasteiger charge is -2.58. The highest BCUT2D eigenvalue weighted by Crippen LogP contribution is 2.68. The molecule has 2 aliphatic carbocycles. The summed E-state index contributed by atoms with van der Waals surface area (Å²) < 4.78 is 5.50. The summed E-state index contributed by atoms with van der Waals surface area (Å²) in [7, 11) is 0. The summed E-state index contributed by atoms with van der Waals surface area (Å²) in [6.45, 7) is 2.22. The molecule has 2 nitrogen and oxygen atoms in total. The number of carbonyl (C=O) groups is 1. The quantitative estimate of drug-likeness (QED) is 0.504. The van der Waals surface area contributed by atoms with Gasteiger partial charge in [0.1, 0.15) is 5.75 Å². The SMILES string of the molecule is C[C@H]1[C@@H]2CCC[C@@]23c2ccccc2OC(=O)[C@@H]13. The van der Waals surface area contributed by atoms with Crippen LogP contribution in [0.2, 0.25) is 0 Å². The van der Waals surface area contributed by atoms with Crippen LogP contribution >= 0.6 is 0 Å². The molecule has 17 heavy (non-hydrogen) atoms. The molecule has 0 unspecified atom stereocenters. The van der Waals surface area contributed by atoms with E-state index < -0.39 is 0 Å². The van der Waals surface area contributed by atoms with E-state index in [2.05, 4.69) is 19.1 Å². The molecule has 0 aromatic heterocycles. The van der Waals surface area contributed by atoms with Crippen LogP contribution in [0.5, 0.6) is 5.75 Å². The lowest BCUT2D eigenvalue weighted by molar-refractivity contribution is -0.161. The van der Waals surface area contributed by atoms with Crippen LogP contribution in [0, 0.1) is 17.8 Å². The van der Waals surface area contributed by atoms with Crippen LogP contribution in [0.4, 0.5) is 0 Å². The highest BCUT2D eigenvalue weighted by molar-refractivity contribution is 5.83. The number of fused-ring (bicyclic) bond motifs is 1. The van der Waals surface area contributed by atoms with Gasteiger partial charge in [0.05, 0.1) is 5.92 Å². The molecule has 4 rings (SSSR count). The molecule has 3 aliphatic rings. The molecular weight excluding hydrogens is 212 g/mol. The van der Waals surface area contributed by atoms with E-state index in [1.54, 1.807) is 0 Å². The van der Waals surface area contributed by atoms with Gasteiger partial charge in [-0.15, -0.1) is 0 Å². The molecule has 0 radical (unpaired) electrons. The van der Waals surface area contributed by atoms with Crippen molar-refractivity contribution in [2.24, 2.45) is 17.8 Å². The van der Waals surface area contributed by atoms with Crippen molar-refractivity contribution in [3.63, 3.8) is 0 Å². The number of rotatable bonds is 0. The summed E-state index contributed by atoms with van der Waals surface area (Å²) in [5, 5.41) is 0. The van der Waals surface area contributed by atoms with Crippen molar-refractivity contribution in [1.29, 1.82) is 0 Å². The van der Waals surface area contributed by atoms with E-state index in [0.717, 1.165) is 5.75 Å². The Bertz CT molecular complexity index is 507. The smallest absolute Gasteiger partial charge is 0.315 e. The van der Waals surface area contributed by atoms with Crippen LogP contribution in [-0.4, -0.2) is 5.97 Å². The Morgan fingerprint density at radius 1 is 1.35 bits per heavy atom. The van der Waals surface area contributed by atoms with E-state index in [0.29, 0.717) is 11.8 Å². The Balaban J connectivity index is 1.95. The summed E-state index contributed by atoms with van der Waals surface area (Å²) in [6, 6.07) is 8.13. The number of ether oxygens (including phenoxy) is 1. The molecule has 1 aromatic rings. The van der Waals surface area contributed by atoms with Crippen LogP contribution in [0.15, 0.2) is 24.3 Å². The zero-order valence-electron chi connectivity index (χ0n) is 9.98. The molecule has 2 fully saturated rings. The predicted molar refractivity (Wildman–Crippen MR) is 63.8 cm³/mol. The fraction of sp³-hybridized carbons (Fsp3) is 0.533. The van der Waals surface area contributed by atoms with Gasteiger partial charge in [-0.1, -0.05) is 31.5 Å². The number of para-hydroxylation sites is 1. The molecule has 0 N–H and O–H groups in total. The first-order valence-corrected chi connectivity index (χ1v) is 6.56. The van der Waals surface area contributed by atoms with E-state index in [9.17, 15) is 4.79 Å². The summed E-state index contributed by atoms with van der Waals surface area (Å²) in [5.41, 5.74) is 1.43. The number of carbonyl (C=O) groups excluding carboxylic acids is 1. The standard InChI is InChI=1S/C15H16O2/c1-9-10-6-4-8-15(10)11-5-2-3-7-12(11)17-14(16)13(9)15/h2-3,5,7,9-10,13H,4,6,8H2,1H3/t9-,10-,13+,15-/m0/s1. The Hall–Kier alpha value is -1.31. The van der Waals surface area contributed by atoms with Gasteiger partial charge in [-0.25, -0.2) is 0 Å². The molecule has 1 heterocycles. The van der Waals surface area contributed by atoms with Crippen molar-refractivity contribution in [3.8, 4) is 5.75 Å². The molecule has 0 bridgehead atoms. The van der Waals surface area contributed by atoms with Gasteiger partial charge in [0, 0.05) is 11.0 Å². The first kappa shape index (κ1) is 9.69. The molecule has 1 aromatic carbocycles. The maximum atomic E-state index is 12.1. The molecule has 88 valence electrons. The molecule has 0 saturated heterocycles. The van der Waals surface area contributed by atoms with Gasteiger partial charge in [-0.2, -0.15) is 0 Å². The predicted octanol–water partition coefficient (Wildman–Crippen LogP) is 2.91. The minimum absolute atomic E-state index is 0.00866. The van der Waals surface area contributed by atoms with Crippen LogP contribution in [0.3, 0.4) is 0 Å². The third-order valence-electron chi connectivity index (χ3n) is 5.34. The van der Waals surface area contributed by atoms with Crippen molar-refractivity contribution < 1.29 is 9.53 Å². The number of hydrogen-bond acceptors (Lipinski definition) is 2. The Morgan fingerprint density at radius 2 is 2.18 bits per heavy atom. The van der Waals surface area contributed by atoms with Crippen molar-refractivity contribution in [3.05, 3.63) is 29.8 Å². The second kappa shape index (κ2) is 2.92. The molecule has 4 atom stereocenters. The lowest BCUT2D eigenvalue weighted by atomic mass is 9.45. The zero-order chi connectivity index (χ0) is 11.6. The topological polar surface area (TPSA) is 26.3 Å². The minimum atomic E-state index is 0.00866. The van der Waals surface area contributed by atoms with Gasteiger partial charge in [-0.3, -0.25) is 4.79 Å². The second-order valence-electron chi connectivity index (χ2n) is 5.79. The number of benzene rings is 1. The minimum Gasteiger partial charge on any atom is -0.426 e. The number of esters is 1. The third kappa shape index (κ3) is 0.921. The Labute approximate surface area is 101 Å². The van der Waals surface area contributed by atoms with E-state index in [1.165, 1.54) is 24.8 Å². The maximum Gasteiger partial charge on any atom is 0.315 e. The van der Waals surface area contributed by atoms with Gasteiger partial charge >= 0.3 is 5.97 Å². The average Bonchev–Trinajstić information content (AvgIpc) is 2.68. The number of hydrogen-bond donors (Lipinski definition) is 0. The average molecular weight is 228 g/mol. The first-order valence-electron chi connectivity index (χ1n) is 6.56. The molecule has 2 saturated carbocycles. The van der Waals surface area contributed by atoms with E-state index in [4.69, 9.17) is 4.74 Å². The highest BCUT2D eigenvalue weighted by atomic mass is 16.5. The van der Waals surface area contributed by atoms with Crippen molar-refractivity contribution in [1.82, 2.24) is 0 Å². The summed E-state index contributed by atoms with van der Waals surface area (Å²) in [5.74, 6) is 2.13. The van der Waals surface area contributed by atoms with Crippen LogP contribution in [0.25, 0.3) is 0 Å². The lowest BCUT2D eigenvalue weighted by Crippen LogP contribution is -2.62. The van der Waals surface area contributed by atoms with Gasteiger partial charge in [0.15, 0.2) is 0 Å². The van der Waals surface area contributed by atoms with Crippen molar-refractivity contribution in [2.75, 3.05) is 0 Å². The molecule has 2 heteroatoms. The maximum absolute atomic E-state index is 12.1. The van der Waals surface area contributed by atoms with Crippen molar-refractivity contribution >= 4 is 5.97 Å². The Kier molecular flexibility index (Phi) is 1.67. The largest absolute Gasteiger partial charge is 0.426 e. The second-order valence-corrected chi connectivity index (χ2v) is 5.79. The fourth-order valence-electron chi connectivity index (χ4n) is 4.80. The highest BCUT2D eigenvalue weighted by Gasteiger charge is 2.68. The normalized spacial score (nSPS) is 41.9. The van der Waals surface area contributed by atoms with Crippen LogP contribution < -0.4 is 4.74 Å². The first-order chi connectivity index (χ1) is 8.25. The Morgan fingerprint density at radius 3 is 3.06 bits per heavy atom. The van der Waals surface area contributed by atoms with Gasteiger partial charge in [0.2, 0.25) is 0 Å². The summed E-state index contributed by atoms with van der Waals surface area (Å²) in [4.78, 5) is 12.1. The van der Waals surface area contributed by atoms with Crippen LogP contribution in [-0.2, 0) is 10.2 Å². The van der Waals surface area contributed by atoms with Gasteiger partial charge in [-0.05, 0) is 30.7 Å². The van der Waals surface area contributed by atoms with E-state index >= 15 is 0 Å². The molecule has 0 amide bonds. The van der Waals surface area contributed by atoms with Gasteiger partial charge in [0.25, 0.3) is 0 Å². The van der Waals surface area contributed by atoms with Crippen LogP contribution in [0.1, 0.15) is 31.7 Å². The monoisotopic (exact) mass is 228 g/mol. The zero-order valence-corrected chi connectivity index (χ0v) is 9.98. The fourth-order valence-corrected chi connectivity index (χ4v) is 4.80. The van der Waals surface area contributed by atoms with Gasteiger partial charge < -0.3 is 4.74 Å². The molecule has 1 aliphatic heterocycles. The van der Waals surface area contributed by atoms with Crippen molar-refractivity contribution in [2.45, 2.75) is 31.6 Å². The van der Waals surface area contributed by atoms with E-state index in [1.807, 2.05) is 12.1 Å².